The van der Waals surface area contributed by atoms with E-state index in [4.69, 9.17) is 14.2 Å². The Morgan fingerprint density at radius 2 is 0.500 bits per heavy atom. The maximum atomic E-state index is 12.9. The molecule has 0 bridgehead atoms. The quantitative estimate of drug-likeness (QED) is 0.0261. The van der Waals surface area contributed by atoms with Gasteiger partial charge in [-0.3, -0.25) is 14.4 Å². The molecule has 0 N–H and O–H groups in total. The van der Waals surface area contributed by atoms with Crippen LogP contribution >= 0.6 is 0 Å². The molecular formula is C66H122O6. The first-order valence-corrected chi connectivity index (χ1v) is 32.0. The Labute approximate surface area is 448 Å². The fourth-order valence-electron chi connectivity index (χ4n) is 9.53. The third-order valence-corrected chi connectivity index (χ3v) is 14.4. The van der Waals surface area contributed by atoms with Gasteiger partial charge in [0.1, 0.15) is 13.2 Å². The number of carbonyl (C=O) groups is 3. The smallest absolute Gasteiger partial charge is 0.306 e. The monoisotopic (exact) mass is 1010 g/mol. The minimum atomic E-state index is -0.775. The van der Waals surface area contributed by atoms with Crippen molar-refractivity contribution in [3.63, 3.8) is 0 Å². The zero-order valence-corrected chi connectivity index (χ0v) is 48.5. The van der Waals surface area contributed by atoms with E-state index in [2.05, 4.69) is 57.2 Å². The van der Waals surface area contributed by atoms with Crippen LogP contribution in [-0.2, 0) is 28.6 Å². The fourth-order valence-corrected chi connectivity index (χ4v) is 9.53. The van der Waals surface area contributed by atoms with E-state index < -0.39 is 6.10 Å². The third-order valence-electron chi connectivity index (χ3n) is 14.4. The van der Waals surface area contributed by atoms with Crippen molar-refractivity contribution in [2.75, 3.05) is 13.2 Å². The van der Waals surface area contributed by atoms with Crippen LogP contribution in [0.2, 0.25) is 0 Å². The van der Waals surface area contributed by atoms with Gasteiger partial charge in [0.2, 0.25) is 0 Å². The summed E-state index contributed by atoms with van der Waals surface area (Å²) in [6, 6.07) is 0. The summed E-state index contributed by atoms with van der Waals surface area (Å²) in [4.78, 5) is 38.3. The zero-order chi connectivity index (χ0) is 52.2. The molecule has 1 atom stereocenters. The largest absolute Gasteiger partial charge is 0.462 e. The van der Waals surface area contributed by atoms with Crippen LogP contribution in [0, 0.1) is 0 Å². The summed E-state index contributed by atoms with van der Waals surface area (Å²) in [5, 5.41) is 0. The Hall–Kier alpha value is -2.37. The van der Waals surface area contributed by atoms with Gasteiger partial charge >= 0.3 is 17.9 Å². The summed E-state index contributed by atoms with van der Waals surface area (Å²) in [7, 11) is 0. The number of ether oxygens (including phenoxy) is 3. The second-order valence-corrected chi connectivity index (χ2v) is 21.7. The summed E-state index contributed by atoms with van der Waals surface area (Å²) >= 11 is 0. The van der Waals surface area contributed by atoms with Crippen LogP contribution < -0.4 is 0 Å². The van der Waals surface area contributed by atoms with E-state index in [0.29, 0.717) is 19.3 Å². The highest BCUT2D eigenvalue weighted by Crippen LogP contribution is 2.17. The van der Waals surface area contributed by atoms with Crippen molar-refractivity contribution >= 4 is 17.9 Å². The minimum absolute atomic E-state index is 0.0729. The molecule has 0 aliphatic carbocycles. The zero-order valence-electron chi connectivity index (χ0n) is 48.5. The molecule has 6 nitrogen and oxygen atoms in total. The van der Waals surface area contributed by atoms with Crippen LogP contribution in [0.3, 0.4) is 0 Å². The van der Waals surface area contributed by atoms with Gasteiger partial charge < -0.3 is 14.2 Å². The molecule has 0 aromatic rings. The van der Waals surface area contributed by atoms with Crippen LogP contribution in [-0.4, -0.2) is 37.2 Å². The lowest BCUT2D eigenvalue weighted by Crippen LogP contribution is -2.30. The molecule has 0 aliphatic heterocycles. The lowest BCUT2D eigenvalue weighted by molar-refractivity contribution is -0.167. The second kappa shape index (κ2) is 61.2. The first kappa shape index (κ1) is 69.6. The molecule has 0 heterocycles. The van der Waals surface area contributed by atoms with Gasteiger partial charge in [0.05, 0.1) is 0 Å². The third kappa shape index (κ3) is 58.5. The molecule has 0 aromatic heterocycles. The predicted octanol–water partition coefficient (Wildman–Crippen LogP) is 21.6. The van der Waals surface area contributed by atoms with Crippen molar-refractivity contribution in [2.24, 2.45) is 0 Å². The van der Waals surface area contributed by atoms with Crippen molar-refractivity contribution in [3.8, 4) is 0 Å². The molecule has 0 radical (unpaired) electrons. The molecule has 6 heteroatoms. The SMILES string of the molecule is CCCCCCC/C=C\C/C=C\CCCCCCCCCCCC(=O)OCC(COC(=O)CCCCCCC/C=C\CCCCCCCC)OC(=O)CCCCCCCCCCCCCCCCCCCC. The number of rotatable bonds is 59. The van der Waals surface area contributed by atoms with Crippen LogP contribution in [0.5, 0.6) is 0 Å². The molecule has 0 saturated carbocycles. The number of unbranched alkanes of at least 4 members (excludes halogenated alkanes) is 42. The van der Waals surface area contributed by atoms with Gasteiger partial charge in [-0.05, 0) is 77.0 Å². The molecule has 0 rings (SSSR count). The molecule has 0 aromatic carbocycles. The van der Waals surface area contributed by atoms with Gasteiger partial charge in [-0.2, -0.15) is 0 Å². The lowest BCUT2D eigenvalue weighted by Gasteiger charge is -2.18. The Kier molecular flexibility index (Phi) is 59.2. The van der Waals surface area contributed by atoms with Crippen molar-refractivity contribution in [3.05, 3.63) is 36.5 Å². The van der Waals surface area contributed by atoms with Crippen LogP contribution in [0.4, 0.5) is 0 Å². The van der Waals surface area contributed by atoms with Gasteiger partial charge in [0.25, 0.3) is 0 Å². The maximum absolute atomic E-state index is 12.9. The van der Waals surface area contributed by atoms with Gasteiger partial charge in [-0.1, -0.05) is 288 Å². The highest BCUT2D eigenvalue weighted by atomic mass is 16.6. The molecule has 422 valence electrons. The summed E-state index contributed by atoms with van der Waals surface area (Å²) in [5.41, 5.74) is 0. The van der Waals surface area contributed by atoms with Gasteiger partial charge in [0.15, 0.2) is 6.10 Å². The van der Waals surface area contributed by atoms with Crippen LogP contribution in [0.15, 0.2) is 36.5 Å². The summed E-state index contributed by atoms with van der Waals surface area (Å²) in [6.45, 7) is 6.67. The Morgan fingerprint density at radius 3 is 0.778 bits per heavy atom. The Bertz CT molecular complexity index is 1210. The average Bonchev–Trinajstić information content (AvgIpc) is 3.38. The molecular weight excluding hydrogens is 889 g/mol. The molecule has 72 heavy (non-hydrogen) atoms. The molecule has 0 aliphatic rings. The highest BCUT2D eigenvalue weighted by Gasteiger charge is 2.19. The average molecular weight is 1010 g/mol. The number of hydrogen-bond donors (Lipinski definition) is 0. The molecule has 0 fully saturated rings. The van der Waals surface area contributed by atoms with Crippen molar-refractivity contribution in [1.29, 1.82) is 0 Å². The Morgan fingerprint density at radius 1 is 0.278 bits per heavy atom. The highest BCUT2D eigenvalue weighted by molar-refractivity contribution is 5.71. The van der Waals surface area contributed by atoms with Crippen LogP contribution in [0.1, 0.15) is 348 Å². The van der Waals surface area contributed by atoms with Crippen molar-refractivity contribution in [2.45, 2.75) is 354 Å². The number of allylic oxidation sites excluding steroid dienone is 6. The van der Waals surface area contributed by atoms with E-state index in [9.17, 15) is 14.4 Å². The summed E-state index contributed by atoms with van der Waals surface area (Å²) < 4.78 is 16.9. The molecule has 0 spiro atoms. The maximum Gasteiger partial charge on any atom is 0.306 e. The van der Waals surface area contributed by atoms with E-state index in [1.54, 1.807) is 0 Å². The second-order valence-electron chi connectivity index (χ2n) is 21.7. The number of esters is 3. The molecule has 1 unspecified atom stereocenters. The lowest BCUT2D eigenvalue weighted by atomic mass is 10.0. The van der Waals surface area contributed by atoms with E-state index in [0.717, 1.165) is 70.6 Å². The number of hydrogen-bond acceptors (Lipinski definition) is 6. The topological polar surface area (TPSA) is 78.9 Å². The van der Waals surface area contributed by atoms with Gasteiger partial charge in [-0.15, -0.1) is 0 Å². The van der Waals surface area contributed by atoms with Crippen molar-refractivity contribution in [1.82, 2.24) is 0 Å². The van der Waals surface area contributed by atoms with Crippen LogP contribution in [0.25, 0.3) is 0 Å². The number of carbonyl (C=O) groups excluding carboxylic acids is 3. The van der Waals surface area contributed by atoms with E-state index in [1.807, 2.05) is 0 Å². The first-order valence-electron chi connectivity index (χ1n) is 32.0. The molecule has 0 saturated heterocycles. The first-order chi connectivity index (χ1) is 35.5. The molecule has 0 amide bonds. The fraction of sp³-hybridized carbons (Fsp3) is 0.864. The Balaban J connectivity index is 4.33. The van der Waals surface area contributed by atoms with Crippen molar-refractivity contribution < 1.29 is 28.6 Å². The standard InChI is InChI=1S/C66H122O6/c1-4-7-10-13-16-19-22-25-28-30-32-33-34-36-38-41-44-47-50-53-56-59-65(68)71-62-63(61-70-64(67)58-55-52-49-46-43-40-37-27-24-21-18-15-12-9-6-3)72-66(69)60-57-54-51-48-45-42-39-35-31-29-26-23-20-17-14-11-8-5-2/h22,25,27,30,32,37,63H,4-21,23-24,26,28-29,31,33-36,38-62H2,1-3H3/b25-22-,32-30-,37-27-. The van der Waals surface area contributed by atoms with E-state index in [1.165, 1.54) is 238 Å². The normalized spacial score (nSPS) is 12.2. The van der Waals surface area contributed by atoms with Gasteiger partial charge in [0, 0.05) is 19.3 Å². The predicted molar refractivity (Wildman–Crippen MR) is 312 cm³/mol. The summed E-state index contributed by atoms with van der Waals surface area (Å²) in [5.74, 6) is -0.861. The van der Waals surface area contributed by atoms with E-state index >= 15 is 0 Å². The minimum Gasteiger partial charge on any atom is -0.462 e. The van der Waals surface area contributed by atoms with E-state index in [-0.39, 0.29) is 31.1 Å². The summed E-state index contributed by atoms with van der Waals surface area (Å²) in [6.07, 6.45) is 74.3. The van der Waals surface area contributed by atoms with Gasteiger partial charge in [-0.25, -0.2) is 0 Å².